The Balaban J connectivity index is 3.03. The van der Waals surface area contributed by atoms with Crippen molar-refractivity contribution in [2.24, 2.45) is 0 Å². The summed E-state index contributed by atoms with van der Waals surface area (Å²) in [6.07, 6.45) is 0. The summed E-state index contributed by atoms with van der Waals surface area (Å²) in [5.74, 6) is 0.259. The summed E-state index contributed by atoms with van der Waals surface area (Å²) in [7, 11) is -1.94. The highest BCUT2D eigenvalue weighted by Crippen LogP contribution is 2.28. The summed E-state index contributed by atoms with van der Waals surface area (Å²) >= 11 is 12.4. The molecular formula is C8H11Cl2NO2S2. The Morgan fingerprint density at radius 2 is 2.13 bits per heavy atom. The zero-order valence-electron chi connectivity index (χ0n) is 8.28. The van der Waals surface area contributed by atoms with Gasteiger partial charge in [-0.3, -0.25) is 0 Å². The third-order valence-corrected chi connectivity index (χ3v) is 6.14. The largest absolute Gasteiger partial charge is 0.252 e. The van der Waals surface area contributed by atoms with E-state index in [-0.39, 0.29) is 16.1 Å². The molecule has 1 rings (SSSR count). The predicted molar refractivity (Wildman–Crippen MR) is 64.5 cm³/mol. The lowest BCUT2D eigenvalue weighted by molar-refractivity contribution is 0.415. The van der Waals surface area contributed by atoms with Crippen LogP contribution in [0.4, 0.5) is 0 Å². The molecule has 1 heterocycles. The highest BCUT2D eigenvalue weighted by molar-refractivity contribution is 7.91. The number of thiophene rings is 1. The summed E-state index contributed by atoms with van der Waals surface area (Å²) in [6, 6.07) is 2.83. The van der Waals surface area contributed by atoms with E-state index in [2.05, 4.69) is 0 Å². The molecule has 0 amide bonds. The van der Waals surface area contributed by atoms with Gasteiger partial charge in [-0.25, -0.2) is 8.42 Å². The molecule has 1 unspecified atom stereocenters. The van der Waals surface area contributed by atoms with Crippen molar-refractivity contribution in [1.82, 2.24) is 4.31 Å². The molecule has 0 aromatic carbocycles. The van der Waals surface area contributed by atoms with Gasteiger partial charge in [0.15, 0.2) is 0 Å². The van der Waals surface area contributed by atoms with Gasteiger partial charge in [0.25, 0.3) is 10.0 Å². The van der Waals surface area contributed by atoms with Gasteiger partial charge in [0, 0.05) is 19.0 Å². The molecule has 7 heteroatoms. The third kappa shape index (κ3) is 2.85. The number of alkyl halides is 1. The molecule has 0 saturated carbocycles. The normalized spacial score (nSPS) is 14.5. The lowest BCUT2D eigenvalue weighted by atomic mass is 10.4. The van der Waals surface area contributed by atoms with Crippen molar-refractivity contribution in [3.63, 3.8) is 0 Å². The maximum absolute atomic E-state index is 12.0. The number of sulfonamides is 1. The Morgan fingerprint density at radius 1 is 1.53 bits per heavy atom. The molecule has 0 fully saturated rings. The second-order valence-corrected chi connectivity index (χ2v) is 7.33. The molecule has 0 radical (unpaired) electrons. The molecule has 0 aliphatic heterocycles. The lowest BCUT2D eigenvalue weighted by Crippen LogP contribution is -2.35. The first kappa shape index (κ1) is 13.3. The van der Waals surface area contributed by atoms with E-state index in [1.807, 2.05) is 0 Å². The van der Waals surface area contributed by atoms with Gasteiger partial charge in [-0.1, -0.05) is 11.6 Å². The van der Waals surface area contributed by atoms with E-state index in [1.165, 1.54) is 17.4 Å². The average Bonchev–Trinajstić information content (AvgIpc) is 2.63. The summed E-state index contributed by atoms with van der Waals surface area (Å²) in [6.45, 7) is 1.75. The van der Waals surface area contributed by atoms with Gasteiger partial charge in [0.05, 0.1) is 4.34 Å². The molecule has 0 saturated heterocycles. The molecule has 0 aliphatic carbocycles. The minimum atomic E-state index is -3.45. The van der Waals surface area contributed by atoms with Crippen LogP contribution in [0.15, 0.2) is 16.3 Å². The van der Waals surface area contributed by atoms with Crippen molar-refractivity contribution in [2.75, 3.05) is 12.9 Å². The van der Waals surface area contributed by atoms with Crippen LogP contribution in [0.3, 0.4) is 0 Å². The van der Waals surface area contributed by atoms with Crippen LogP contribution in [0.25, 0.3) is 0 Å². The molecule has 1 aromatic heterocycles. The Kier molecular flexibility index (Phi) is 4.43. The zero-order valence-corrected chi connectivity index (χ0v) is 11.4. The number of hydrogen-bond donors (Lipinski definition) is 0. The molecule has 0 aliphatic rings. The average molecular weight is 288 g/mol. The summed E-state index contributed by atoms with van der Waals surface area (Å²) in [5.41, 5.74) is 0. The van der Waals surface area contributed by atoms with Crippen molar-refractivity contribution in [1.29, 1.82) is 0 Å². The predicted octanol–water partition coefficient (Wildman–Crippen LogP) is 2.65. The first-order valence-corrected chi connectivity index (χ1v) is 7.36. The minimum Gasteiger partial charge on any atom is -0.206 e. The second kappa shape index (κ2) is 5.01. The van der Waals surface area contributed by atoms with E-state index in [4.69, 9.17) is 23.2 Å². The Hall–Kier alpha value is 0.190. The van der Waals surface area contributed by atoms with Crippen molar-refractivity contribution in [3.8, 4) is 0 Å². The van der Waals surface area contributed by atoms with Crippen LogP contribution in [0.2, 0.25) is 4.34 Å². The van der Waals surface area contributed by atoms with E-state index < -0.39 is 10.0 Å². The Bertz CT molecular complexity index is 430. The second-order valence-electron chi connectivity index (χ2n) is 3.08. The summed E-state index contributed by atoms with van der Waals surface area (Å²) < 4.78 is 25.9. The summed E-state index contributed by atoms with van der Waals surface area (Å²) in [5, 5.41) is 0. The van der Waals surface area contributed by atoms with Crippen LogP contribution < -0.4 is 0 Å². The monoisotopic (exact) mass is 287 g/mol. The fourth-order valence-electron chi connectivity index (χ4n) is 0.912. The van der Waals surface area contributed by atoms with Gasteiger partial charge in [-0.15, -0.1) is 22.9 Å². The van der Waals surface area contributed by atoms with Gasteiger partial charge < -0.3 is 0 Å². The smallest absolute Gasteiger partial charge is 0.206 e. The standard InChI is InChI=1S/C8H11Cl2NO2S2/c1-6(5-9)11(2)15(12,13)8-4-3-7(10)14-8/h3-4,6H,5H2,1-2H3. The highest BCUT2D eigenvalue weighted by atomic mass is 35.5. The van der Waals surface area contributed by atoms with Gasteiger partial charge in [-0.2, -0.15) is 4.31 Å². The lowest BCUT2D eigenvalue weighted by Gasteiger charge is -2.21. The minimum absolute atomic E-state index is 0.238. The third-order valence-electron chi connectivity index (χ3n) is 2.03. The van der Waals surface area contributed by atoms with E-state index in [1.54, 1.807) is 13.0 Å². The Labute approximate surface area is 104 Å². The van der Waals surface area contributed by atoms with Gasteiger partial charge in [0.2, 0.25) is 0 Å². The zero-order chi connectivity index (χ0) is 11.6. The molecule has 1 atom stereocenters. The van der Waals surface area contributed by atoms with Crippen LogP contribution in [-0.2, 0) is 10.0 Å². The number of halogens is 2. The first-order chi connectivity index (χ1) is 6.89. The number of nitrogens with zero attached hydrogens (tertiary/aromatic N) is 1. The fourth-order valence-corrected chi connectivity index (χ4v) is 4.23. The number of hydrogen-bond acceptors (Lipinski definition) is 3. The maximum atomic E-state index is 12.0. The van der Waals surface area contributed by atoms with Gasteiger partial charge in [0.1, 0.15) is 4.21 Å². The van der Waals surface area contributed by atoms with Crippen molar-refractivity contribution >= 4 is 44.6 Å². The molecule has 3 nitrogen and oxygen atoms in total. The van der Waals surface area contributed by atoms with Crippen LogP contribution in [0.5, 0.6) is 0 Å². The van der Waals surface area contributed by atoms with E-state index in [0.717, 1.165) is 11.3 Å². The van der Waals surface area contributed by atoms with Crippen LogP contribution in [0, 0.1) is 0 Å². The Morgan fingerprint density at radius 3 is 2.53 bits per heavy atom. The van der Waals surface area contributed by atoms with E-state index in [9.17, 15) is 8.42 Å². The SMILES string of the molecule is CC(CCl)N(C)S(=O)(=O)c1ccc(Cl)s1. The molecule has 0 bridgehead atoms. The molecule has 0 spiro atoms. The van der Waals surface area contributed by atoms with Gasteiger partial charge >= 0.3 is 0 Å². The van der Waals surface area contributed by atoms with Crippen LogP contribution in [0.1, 0.15) is 6.92 Å². The fraction of sp³-hybridized carbons (Fsp3) is 0.500. The van der Waals surface area contributed by atoms with Crippen LogP contribution >= 0.6 is 34.5 Å². The highest BCUT2D eigenvalue weighted by Gasteiger charge is 2.26. The molecule has 15 heavy (non-hydrogen) atoms. The van der Waals surface area contributed by atoms with Crippen LogP contribution in [-0.4, -0.2) is 31.7 Å². The van der Waals surface area contributed by atoms with E-state index >= 15 is 0 Å². The number of rotatable bonds is 4. The topological polar surface area (TPSA) is 37.4 Å². The molecular weight excluding hydrogens is 277 g/mol. The van der Waals surface area contributed by atoms with Crippen molar-refractivity contribution in [3.05, 3.63) is 16.5 Å². The molecule has 0 N–H and O–H groups in total. The molecule has 1 aromatic rings. The summed E-state index contributed by atoms with van der Waals surface area (Å²) in [4.78, 5) is 0. The first-order valence-electron chi connectivity index (χ1n) is 4.19. The van der Waals surface area contributed by atoms with Crippen molar-refractivity contribution in [2.45, 2.75) is 17.2 Å². The quantitative estimate of drug-likeness (QED) is 0.799. The van der Waals surface area contributed by atoms with E-state index in [0.29, 0.717) is 4.34 Å². The molecule has 86 valence electrons. The van der Waals surface area contributed by atoms with Gasteiger partial charge in [-0.05, 0) is 19.1 Å². The van der Waals surface area contributed by atoms with Crippen molar-refractivity contribution < 1.29 is 8.42 Å². The maximum Gasteiger partial charge on any atom is 0.252 e.